The van der Waals surface area contributed by atoms with Crippen LogP contribution in [0.3, 0.4) is 0 Å². The molecule has 3 nitrogen and oxygen atoms in total. The summed E-state index contributed by atoms with van der Waals surface area (Å²) in [5.41, 5.74) is 0.542. The zero-order valence-corrected chi connectivity index (χ0v) is 8.53. The van der Waals surface area contributed by atoms with Gasteiger partial charge in [0.25, 0.3) is 0 Å². The second-order valence-corrected chi connectivity index (χ2v) is 2.94. The van der Waals surface area contributed by atoms with E-state index < -0.39 is 0 Å². The summed E-state index contributed by atoms with van der Waals surface area (Å²) in [6.07, 6.45) is 8.23. The molecule has 0 fully saturated rings. The van der Waals surface area contributed by atoms with Crippen molar-refractivity contribution in [3.63, 3.8) is 0 Å². The van der Waals surface area contributed by atoms with Crippen LogP contribution in [-0.2, 0) is 9.53 Å². The first-order valence-electron chi connectivity index (χ1n) is 4.50. The summed E-state index contributed by atoms with van der Waals surface area (Å²) in [6.45, 7) is 1.89. The normalized spacial score (nSPS) is 11.1. The lowest BCUT2D eigenvalue weighted by atomic mass is 10.1. The van der Waals surface area contributed by atoms with Gasteiger partial charge in [-0.3, -0.25) is 4.79 Å². The number of furan rings is 1. The van der Waals surface area contributed by atoms with Gasteiger partial charge in [0.2, 0.25) is 0 Å². The molecule has 0 aliphatic heterocycles. The third-order valence-corrected chi connectivity index (χ3v) is 1.75. The van der Waals surface area contributed by atoms with Crippen molar-refractivity contribution in [3.8, 4) is 12.3 Å². The Bertz CT molecular complexity index is 379. The molecule has 0 saturated heterocycles. The van der Waals surface area contributed by atoms with E-state index in [0.29, 0.717) is 11.3 Å². The lowest BCUT2D eigenvalue weighted by molar-refractivity contribution is -0.114. The highest BCUT2D eigenvalue weighted by molar-refractivity contribution is 5.97. The quantitative estimate of drug-likeness (QED) is 0.418. The minimum absolute atomic E-state index is 0.0524. The second-order valence-electron chi connectivity index (χ2n) is 2.94. The van der Waals surface area contributed by atoms with Gasteiger partial charge < -0.3 is 9.15 Å². The fraction of sp³-hybridized carbons (Fsp3) is 0.250. The minimum Gasteiger partial charge on any atom is -0.465 e. The van der Waals surface area contributed by atoms with Crippen LogP contribution in [0.15, 0.2) is 28.4 Å². The number of ether oxygens (including phenoxy) is 1. The summed E-state index contributed by atoms with van der Waals surface area (Å²) >= 11 is 0. The number of hydrogen-bond acceptors (Lipinski definition) is 3. The molecule has 0 unspecified atom stereocenters. The van der Waals surface area contributed by atoms with Gasteiger partial charge in [0.1, 0.15) is 12.4 Å². The highest BCUT2D eigenvalue weighted by Gasteiger charge is 2.04. The van der Waals surface area contributed by atoms with Gasteiger partial charge in [0, 0.05) is 5.57 Å². The maximum absolute atomic E-state index is 11.2. The van der Waals surface area contributed by atoms with Gasteiger partial charge in [-0.1, -0.05) is 5.92 Å². The van der Waals surface area contributed by atoms with Gasteiger partial charge in [-0.2, -0.15) is 0 Å². The van der Waals surface area contributed by atoms with E-state index in [-0.39, 0.29) is 19.0 Å². The maximum Gasteiger partial charge on any atom is 0.158 e. The van der Waals surface area contributed by atoms with E-state index in [2.05, 4.69) is 5.92 Å². The average molecular weight is 204 g/mol. The average Bonchev–Trinajstić information content (AvgIpc) is 2.69. The Labute approximate surface area is 88.7 Å². The smallest absolute Gasteiger partial charge is 0.158 e. The first-order chi connectivity index (χ1) is 7.24. The molecule has 3 heteroatoms. The van der Waals surface area contributed by atoms with Gasteiger partial charge in [-0.15, -0.1) is 6.42 Å². The standard InChI is InChI=1S/C12H12O3/c1-3-6-14-9-11(10(2)13)8-12-5-4-7-15-12/h1,4-5,7-8H,6,9H2,2H3/b11-8+. The number of carbonyl (C=O) groups is 1. The molecule has 0 amide bonds. The number of terminal acetylenes is 1. The molecule has 0 aliphatic carbocycles. The number of rotatable bonds is 5. The van der Waals surface area contributed by atoms with E-state index in [9.17, 15) is 4.79 Å². The SMILES string of the molecule is C#CCOC/C(=C\c1ccco1)C(C)=O. The molecule has 0 bridgehead atoms. The Hall–Kier alpha value is -1.79. The van der Waals surface area contributed by atoms with Crippen LogP contribution in [0.1, 0.15) is 12.7 Å². The Morgan fingerprint density at radius 3 is 3.07 bits per heavy atom. The van der Waals surface area contributed by atoms with E-state index in [0.717, 1.165) is 0 Å². The molecule has 0 atom stereocenters. The van der Waals surface area contributed by atoms with E-state index in [1.165, 1.54) is 6.92 Å². The highest BCUT2D eigenvalue weighted by atomic mass is 16.5. The first-order valence-corrected chi connectivity index (χ1v) is 4.50. The number of carbonyl (C=O) groups excluding carboxylic acids is 1. The van der Waals surface area contributed by atoms with Crippen LogP contribution < -0.4 is 0 Å². The summed E-state index contributed by atoms with van der Waals surface area (Å²) in [4.78, 5) is 11.2. The van der Waals surface area contributed by atoms with E-state index in [4.69, 9.17) is 15.6 Å². The fourth-order valence-corrected chi connectivity index (χ4v) is 1.01. The van der Waals surface area contributed by atoms with Crippen LogP contribution in [0.25, 0.3) is 6.08 Å². The van der Waals surface area contributed by atoms with Crippen LogP contribution in [0.2, 0.25) is 0 Å². The number of ketones is 1. The second kappa shape index (κ2) is 5.84. The van der Waals surface area contributed by atoms with Crippen LogP contribution in [0.4, 0.5) is 0 Å². The van der Waals surface area contributed by atoms with Crippen molar-refractivity contribution >= 4 is 11.9 Å². The topological polar surface area (TPSA) is 39.4 Å². The fourth-order valence-electron chi connectivity index (χ4n) is 1.01. The van der Waals surface area contributed by atoms with E-state index >= 15 is 0 Å². The Morgan fingerprint density at radius 2 is 2.53 bits per heavy atom. The predicted octanol–water partition coefficient (Wildman–Crippen LogP) is 1.90. The lowest BCUT2D eigenvalue weighted by Gasteiger charge is -2.02. The van der Waals surface area contributed by atoms with Crippen molar-refractivity contribution < 1.29 is 13.9 Å². The molecule has 1 heterocycles. The molecule has 1 rings (SSSR count). The Balaban J connectivity index is 2.66. The molecule has 0 saturated carbocycles. The van der Waals surface area contributed by atoms with Crippen LogP contribution in [-0.4, -0.2) is 19.0 Å². The molecule has 0 spiro atoms. The van der Waals surface area contributed by atoms with Gasteiger partial charge in [-0.05, 0) is 25.1 Å². The maximum atomic E-state index is 11.2. The predicted molar refractivity (Wildman–Crippen MR) is 57.0 cm³/mol. The van der Waals surface area contributed by atoms with Crippen LogP contribution in [0.5, 0.6) is 0 Å². The molecular weight excluding hydrogens is 192 g/mol. The van der Waals surface area contributed by atoms with Crippen LogP contribution >= 0.6 is 0 Å². The molecule has 0 aromatic carbocycles. The van der Waals surface area contributed by atoms with Crippen LogP contribution in [0, 0.1) is 12.3 Å². The minimum atomic E-state index is -0.0524. The Kier molecular flexibility index (Phi) is 4.39. The molecule has 0 radical (unpaired) electrons. The van der Waals surface area contributed by atoms with Gasteiger partial charge in [0.15, 0.2) is 5.78 Å². The summed E-state index contributed by atoms with van der Waals surface area (Å²) in [5, 5.41) is 0. The summed E-state index contributed by atoms with van der Waals surface area (Å²) in [7, 11) is 0. The molecule has 78 valence electrons. The molecule has 0 aliphatic rings. The zero-order chi connectivity index (χ0) is 11.1. The zero-order valence-electron chi connectivity index (χ0n) is 8.53. The lowest BCUT2D eigenvalue weighted by Crippen LogP contribution is -2.05. The first kappa shape index (κ1) is 11.3. The number of Topliss-reactive ketones (excluding diaryl/α,β-unsaturated/α-hetero) is 1. The largest absolute Gasteiger partial charge is 0.465 e. The van der Waals surface area contributed by atoms with Crippen molar-refractivity contribution in [2.24, 2.45) is 0 Å². The third kappa shape index (κ3) is 3.84. The third-order valence-electron chi connectivity index (χ3n) is 1.75. The molecule has 0 N–H and O–H groups in total. The molecule has 1 aromatic rings. The molecule has 1 aromatic heterocycles. The highest BCUT2D eigenvalue weighted by Crippen LogP contribution is 2.08. The summed E-state index contributed by atoms with van der Waals surface area (Å²) < 4.78 is 10.2. The van der Waals surface area contributed by atoms with Crippen molar-refractivity contribution in [2.75, 3.05) is 13.2 Å². The van der Waals surface area contributed by atoms with Crippen molar-refractivity contribution in [3.05, 3.63) is 29.7 Å². The van der Waals surface area contributed by atoms with E-state index in [1.54, 1.807) is 24.5 Å². The summed E-state index contributed by atoms with van der Waals surface area (Å²) in [6, 6.07) is 3.52. The molecular formula is C12H12O3. The molecule has 15 heavy (non-hydrogen) atoms. The van der Waals surface area contributed by atoms with Gasteiger partial charge in [0.05, 0.1) is 12.9 Å². The van der Waals surface area contributed by atoms with Crippen molar-refractivity contribution in [1.82, 2.24) is 0 Å². The van der Waals surface area contributed by atoms with Gasteiger partial charge >= 0.3 is 0 Å². The summed E-state index contributed by atoms with van der Waals surface area (Å²) in [5.74, 6) is 2.91. The van der Waals surface area contributed by atoms with Gasteiger partial charge in [-0.25, -0.2) is 0 Å². The Morgan fingerprint density at radius 1 is 1.73 bits per heavy atom. The number of hydrogen-bond donors (Lipinski definition) is 0. The van der Waals surface area contributed by atoms with Crippen molar-refractivity contribution in [2.45, 2.75) is 6.92 Å². The van der Waals surface area contributed by atoms with E-state index in [1.807, 2.05) is 0 Å². The van der Waals surface area contributed by atoms with Crippen molar-refractivity contribution in [1.29, 1.82) is 0 Å². The monoisotopic (exact) mass is 204 g/mol.